The molecule has 0 spiro atoms. The molecule has 150 valence electrons. The van der Waals surface area contributed by atoms with Crippen molar-refractivity contribution in [2.24, 2.45) is 0 Å². The van der Waals surface area contributed by atoms with Crippen LogP contribution in [0.4, 0.5) is 0 Å². The van der Waals surface area contributed by atoms with Gasteiger partial charge in [-0.15, -0.1) is 0 Å². The highest BCUT2D eigenvalue weighted by Crippen LogP contribution is 2.20. The molecule has 0 aliphatic carbocycles. The summed E-state index contributed by atoms with van der Waals surface area (Å²) in [5.41, 5.74) is 1.32. The third kappa shape index (κ3) is 7.52. The third-order valence-electron chi connectivity index (χ3n) is 5.51. The van der Waals surface area contributed by atoms with E-state index in [2.05, 4.69) is 72.6 Å². The molecule has 0 saturated carbocycles. The Labute approximate surface area is 167 Å². The van der Waals surface area contributed by atoms with Gasteiger partial charge in [0.15, 0.2) is 0 Å². The topological polar surface area (TPSA) is 8.81 Å². The van der Waals surface area contributed by atoms with Crippen LogP contribution in [0.5, 0.6) is 0 Å². The van der Waals surface area contributed by atoms with Gasteiger partial charge in [-0.2, -0.15) is 0 Å². The molecule has 1 heterocycles. The van der Waals surface area contributed by atoms with Crippen LogP contribution in [-0.2, 0) is 6.54 Å². The molecule has 2 aromatic rings. The quantitative estimate of drug-likeness (QED) is 0.243. The van der Waals surface area contributed by atoms with Crippen molar-refractivity contribution in [1.82, 2.24) is 4.57 Å². The first kappa shape index (κ1) is 21.7. The maximum Gasteiger partial charge on any atom is 0.289 e. The van der Waals surface area contributed by atoms with Gasteiger partial charge in [0.1, 0.15) is 12.4 Å². The molecule has 1 aromatic heterocycles. The average molecular weight is 370 g/mol. The SMILES string of the molecule is CCCCCCCCCCCCC[n+]1ccn(C(C)C)c1-c1ccccc1. The molecule has 2 nitrogen and oxygen atoms in total. The molecule has 1 aromatic carbocycles. The van der Waals surface area contributed by atoms with Crippen LogP contribution in [0.2, 0.25) is 0 Å². The van der Waals surface area contributed by atoms with Crippen molar-refractivity contribution >= 4 is 0 Å². The Balaban J connectivity index is 1.71. The second kappa shape index (κ2) is 12.8. The second-order valence-electron chi connectivity index (χ2n) is 8.22. The van der Waals surface area contributed by atoms with Gasteiger partial charge in [-0.3, -0.25) is 0 Å². The zero-order chi connectivity index (χ0) is 19.3. The van der Waals surface area contributed by atoms with Gasteiger partial charge in [-0.1, -0.05) is 82.9 Å². The lowest BCUT2D eigenvalue weighted by molar-refractivity contribution is -0.686. The van der Waals surface area contributed by atoms with E-state index in [0.29, 0.717) is 6.04 Å². The molecule has 0 N–H and O–H groups in total. The van der Waals surface area contributed by atoms with Crippen molar-refractivity contribution in [3.05, 3.63) is 42.7 Å². The highest BCUT2D eigenvalue weighted by Gasteiger charge is 2.20. The predicted octanol–water partition coefficient (Wildman–Crippen LogP) is 7.33. The van der Waals surface area contributed by atoms with Crippen molar-refractivity contribution in [2.45, 2.75) is 104 Å². The maximum absolute atomic E-state index is 2.45. The monoisotopic (exact) mass is 369 g/mol. The summed E-state index contributed by atoms with van der Waals surface area (Å²) in [5, 5.41) is 0. The predicted molar refractivity (Wildman–Crippen MR) is 117 cm³/mol. The molecule has 0 fully saturated rings. The summed E-state index contributed by atoms with van der Waals surface area (Å²) >= 11 is 0. The van der Waals surface area contributed by atoms with Gasteiger partial charge in [-0.25, -0.2) is 9.13 Å². The summed E-state index contributed by atoms with van der Waals surface area (Å²) in [6.07, 6.45) is 19.9. The Bertz CT molecular complexity index is 613. The number of hydrogen-bond acceptors (Lipinski definition) is 0. The van der Waals surface area contributed by atoms with Crippen molar-refractivity contribution < 1.29 is 4.57 Å². The minimum Gasteiger partial charge on any atom is -0.230 e. The van der Waals surface area contributed by atoms with E-state index in [9.17, 15) is 0 Å². The van der Waals surface area contributed by atoms with Crippen LogP contribution in [-0.4, -0.2) is 4.57 Å². The van der Waals surface area contributed by atoms with E-state index in [1.165, 1.54) is 82.0 Å². The van der Waals surface area contributed by atoms with E-state index in [1.54, 1.807) is 0 Å². The average Bonchev–Trinajstić information content (AvgIpc) is 3.11. The summed E-state index contributed by atoms with van der Waals surface area (Å²) in [5.74, 6) is 1.35. The number of aromatic nitrogens is 2. The zero-order valence-electron chi connectivity index (χ0n) is 18.0. The van der Waals surface area contributed by atoms with E-state index in [-0.39, 0.29) is 0 Å². The fourth-order valence-electron chi connectivity index (χ4n) is 3.89. The molecule has 0 unspecified atom stereocenters. The Hall–Kier alpha value is -1.57. The third-order valence-corrected chi connectivity index (χ3v) is 5.51. The van der Waals surface area contributed by atoms with Gasteiger partial charge in [-0.05, 0) is 38.8 Å². The van der Waals surface area contributed by atoms with Gasteiger partial charge in [0.25, 0.3) is 5.82 Å². The number of unbranched alkanes of at least 4 members (excludes halogenated alkanes) is 10. The second-order valence-corrected chi connectivity index (χ2v) is 8.22. The number of aryl methyl sites for hydroxylation is 1. The summed E-state index contributed by atoms with van der Waals surface area (Å²) in [6, 6.07) is 11.3. The van der Waals surface area contributed by atoms with Crippen LogP contribution in [0.1, 0.15) is 97.4 Å². The molecular weight excluding hydrogens is 328 g/mol. The number of benzene rings is 1. The van der Waals surface area contributed by atoms with Gasteiger partial charge in [0, 0.05) is 0 Å². The minimum absolute atomic E-state index is 0.485. The van der Waals surface area contributed by atoms with Crippen LogP contribution < -0.4 is 4.57 Å². The molecule has 0 radical (unpaired) electrons. The molecule has 0 atom stereocenters. The fourth-order valence-corrected chi connectivity index (χ4v) is 3.89. The lowest BCUT2D eigenvalue weighted by Gasteiger charge is -2.08. The number of imidazole rings is 1. The molecule has 27 heavy (non-hydrogen) atoms. The van der Waals surface area contributed by atoms with E-state index in [4.69, 9.17) is 0 Å². The van der Waals surface area contributed by atoms with Crippen LogP contribution in [0.25, 0.3) is 11.4 Å². The van der Waals surface area contributed by atoms with Crippen LogP contribution >= 0.6 is 0 Å². The summed E-state index contributed by atoms with van der Waals surface area (Å²) in [6.45, 7) is 7.94. The van der Waals surface area contributed by atoms with Gasteiger partial charge < -0.3 is 0 Å². The lowest BCUT2D eigenvalue weighted by atomic mass is 10.1. The first-order valence-corrected chi connectivity index (χ1v) is 11.4. The molecular formula is C25H41N2+. The Morgan fingerprint density at radius 3 is 1.89 bits per heavy atom. The summed E-state index contributed by atoms with van der Waals surface area (Å²) in [4.78, 5) is 0. The van der Waals surface area contributed by atoms with Crippen LogP contribution in [0.15, 0.2) is 42.7 Å². The summed E-state index contributed by atoms with van der Waals surface area (Å²) in [7, 11) is 0. The van der Waals surface area contributed by atoms with E-state index in [1.807, 2.05) is 0 Å². The number of nitrogens with zero attached hydrogens (tertiary/aromatic N) is 2. The van der Waals surface area contributed by atoms with Gasteiger partial charge in [0.05, 0.1) is 18.2 Å². The Morgan fingerprint density at radius 1 is 0.778 bits per heavy atom. The minimum atomic E-state index is 0.485. The van der Waals surface area contributed by atoms with Gasteiger partial charge in [0.2, 0.25) is 0 Å². The van der Waals surface area contributed by atoms with Crippen molar-refractivity contribution in [1.29, 1.82) is 0 Å². The largest absolute Gasteiger partial charge is 0.289 e. The molecule has 0 bridgehead atoms. The van der Waals surface area contributed by atoms with E-state index < -0.39 is 0 Å². The number of rotatable bonds is 14. The van der Waals surface area contributed by atoms with E-state index in [0.717, 1.165) is 6.54 Å². The number of hydrogen-bond donors (Lipinski definition) is 0. The highest BCUT2D eigenvalue weighted by molar-refractivity contribution is 5.52. The van der Waals surface area contributed by atoms with Crippen LogP contribution in [0.3, 0.4) is 0 Å². The molecule has 0 aliphatic rings. The standard InChI is InChI=1S/C25H41N2/c1-4-5-6-7-8-9-10-11-12-13-17-20-26-21-22-27(23(2)3)25(26)24-18-15-14-16-19-24/h14-16,18-19,21-23H,4-13,17,20H2,1-3H3/q+1. The van der Waals surface area contributed by atoms with E-state index >= 15 is 0 Å². The normalized spacial score (nSPS) is 11.4. The molecule has 0 saturated heterocycles. The summed E-state index contributed by atoms with van der Waals surface area (Å²) < 4.78 is 4.84. The van der Waals surface area contributed by atoms with Crippen molar-refractivity contribution in [3.63, 3.8) is 0 Å². The zero-order valence-corrected chi connectivity index (χ0v) is 18.0. The fraction of sp³-hybridized carbons (Fsp3) is 0.640. The first-order chi connectivity index (χ1) is 13.2. The maximum atomic E-state index is 2.45. The van der Waals surface area contributed by atoms with Crippen molar-refractivity contribution in [2.75, 3.05) is 0 Å². The van der Waals surface area contributed by atoms with Gasteiger partial charge >= 0.3 is 0 Å². The molecule has 2 rings (SSSR count). The van der Waals surface area contributed by atoms with Crippen LogP contribution in [0, 0.1) is 0 Å². The molecule has 0 amide bonds. The lowest BCUT2D eigenvalue weighted by Crippen LogP contribution is -2.35. The highest BCUT2D eigenvalue weighted by atomic mass is 15.2. The van der Waals surface area contributed by atoms with Crippen molar-refractivity contribution in [3.8, 4) is 11.4 Å². The Morgan fingerprint density at radius 2 is 1.33 bits per heavy atom. The molecule has 0 aliphatic heterocycles. The molecule has 2 heteroatoms. The smallest absolute Gasteiger partial charge is 0.230 e. The Kier molecular flexibility index (Phi) is 10.3. The first-order valence-electron chi connectivity index (χ1n) is 11.4.